The van der Waals surface area contributed by atoms with Gasteiger partial charge in [0.15, 0.2) is 0 Å². The highest BCUT2D eigenvalue weighted by molar-refractivity contribution is 5.92. The van der Waals surface area contributed by atoms with E-state index in [2.05, 4.69) is 38.2 Å². The van der Waals surface area contributed by atoms with E-state index in [1.807, 2.05) is 0 Å². The number of carbonyl (C=O) groups is 1. The standard InChI is InChI=1S/C16H23NO/c1-11-8-12(2)16(13(3)9-11)17-15(18)10-14-6-4-5-7-14/h8-9,14H,4-7,10H2,1-3H3,(H,17,18). The maximum absolute atomic E-state index is 12.0. The van der Waals surface area contributed by atoms with Crippen LogP contribution in [0.1, 0.15) is 48.8 Å². The monoisotopic (exact) mass is 245 g/mol. The molecular weight excluding hydrogens is 222 g/mol. The summed E-state index contributed by atoms with van der Waals surface area (Å²) in [7, 11) is 0. The van der Waals surface area contributed by atoms with E-state index >= 15 is 0 Å². The highest BCUT2D eigenvalue weighted by Crippen LogP contribution is 2.28. The molecule has 1 amide bonds. The van der Waals surface area contributed by atoms with Crippen molar-refractivity contribution in [3.05, 3.63) is 28.8 Å². The summed E-state index contributed by atoms with van der Waals surface area (Å²) < 4.78 is 0. The Labute approximate surface area is 110 Å². The number of nitrogens with one attached hydrogen (secondary N) is 1. The van der Waals surface area contributed by atoms with E-state index in [0.717, 1.165) is 16.8 Å². The fourth-order valence-electron chi connectivity index (χ4n) is 3.04. The van der Waals surface area contributed by atoms with Gasteiger partial charge in [-0.05, 0) is 50.7 Å². The Hall–Kier alpha value is -1.31. The third-order valence-corrected chi connectivity index (χ3v) is 3.89. The number of carbonyl (C=O) groups excluding carboxylic acids is 1. The summed E-state index contributed by atoms with van der Waals surface area (Å²) >= 11 is 0. The molecule has 2 nitrogen and oxygen atoms in total. The number of benzene rings is 1. The van der Waals surface area contributed by atoms with Crippen molar-refractivity contribution in [1.29, 1.82) is 0 Å². The number of hydrogen-bond donors (Lipinski definition) is 1. The van der Waals surface area contributed by atoms with Crippen molar-refractivity contribution in [2.75, 3.05) is 5.32 Å². The molecule has 0 radical (unpaired) electrons. The van der Waals surface area contributed by atoms with Crippen LogP contribution in [0.25, 0.3) is 0 Å². The second-order valence-corrected chi connectivity index (χ2v) is 5.68. The summed E-state index contributed by atoms with van der Waals surface area (Å²) in [5.74, 6) is 0.785. The molecule has 2 heteroatoms. The third kappa shape index (κ3) is 3.12. The van der Waals surface area contributed by atoms with Crippen molar-refractivity contribution < 1.29 is 4.79 Å². The van der Waals surface area contributed by atoms with E-state index in [9.17, 15) is 4.79 Å². The molecule has 98 valence electrons. The second-order valence-electron chi connectivity index (χ2n) is 5.68. The maximum Gasteiger partial charge on any atom is 0.224 e. The Morgan fingerprint density at radius 1 is 1.17 bits per heavy atom. The molecule has 1 N–H and O–H groups in total. The van der Waals surface area contributed by atoms with E-state index in [0.29, 0.717) is 12.3 Å². The first-order valence-corrected chi connectivity index (χ1v) is 6.94. The van der Waals surface area contributed by atoms with Gasteiger partial charge in [-0.3, -0.25) is 4.79 Å². The number of amides is 1. The molecule has 0 saturated heterocycles. The smallest absolute Gasteiger partial charge is 0.224 e. The Morgan fingerprint density at radius 3 is 2.28 bits per heavy atom. The fraction of sp³-hybridized carbons (Fsp3) is 0.562. The first kappa shape index (κ1) is 13.1. The van der Waals surface area contributed by atoms with Crippen LogP contribution in [0.15, 0.2) is 12.1 Å². The van der Waals surface area contributed by atoms with E-state index in [1.165, 1.54) is 31.2 Å². The number of anilines is 1. The first-order valence-electron chi connectivity index (χ1n) is 6.94. The largest absolute Gasteiger partial charge is 0.326 e. The molecule has 0 bridgehead atoms. The summed E-state index contributed by atoms with van der Waals surface area (Å²) in [6.45, 7) is 6.21. The zero-order valence-corrected chi connectivity index (χ0v) is 11.7. The highest BCUT2D eigenvalue weighted by atomic mass is 16.1. The SMILES string of the molecule is Cc1cc(C)c(NC(=O)CC2CCCC2)c(C)c1. The number of hydrogen-bond acceptors (Lipinski definition) is 1. The van der Waals surface area contributed by atoms with E-state index in [4.69, 9.17) is 0 Å². The van der Waals surface area contributed by atoms with Gasteiger partial charge >= 0.3 is 0 Å². The van der Waals surface area contributed by atoms with Gasteiger partial charge < -0.3 is 5.32 Å². The summed E-state index contributed by atoms with van der Waals surface area (Å²) in [4.78, 5) is 12.0. The maximum atomic E-state index is 12.0. The third-order valence-electron chi connectivity index (χ3n) is 3.89. The van der Waals surface area contributed by atoms with Crippen LogP contribution < -0.4 is 5.32 Å². The Kier molecular flexibility index (Phi) is 4.05. The zero-order valence-electron chi connectivity index (χ0n) is 11.7. The molecule has 0 aliphatic heterocycles. The van der Waals surface area contributed by atoms with Gasteiger partial charge in [0.1, 0.15) is 0 Å². The minimum absolute atomic E-state index is 0.178. The molecule has 1 aliphatic rings. The molecule has 0 atom stereocenters. The first-order chi connectivity index (χ1) is 8.56. The van der Waals surface area contributed by atoms with Crippen LogP contribution in [0.5, 0.6) is 0 Å². The number of rotatable bonds is 3. The van der Waals surface area contributed by atoms with Gasteiger partial charge in [-0.1, -0.05) is 30.5 Å². The fourth-order valence-corrected chi connectivity index (χ4v) is 3.04. The molecule has 0 spiro atoms. The van der Waals surface area contributed by atoms with E-state index in [1.54, 1.807) is 0 Å². The van der Waals surface area contributed by atoms with Crippen molar-refractivity contribution in [1.82, 2.24) is 0 Å². The zero-order chi connectivity index (χ0) is 13.1. The highest BCUT2D eigenvalue weighted by Gasteiger charge is 2.19. The molecule has 1 aromatic rings. The second kappa shape index (κ2) is 5.55. The molecule has 1 aliphatic carbocycles. The van der Waals surface area contributed by atoms with Crippen LogP contribution in [-0.4, -0.2) is 5.91 Å². The van der Waals surface area contributed by atoms with Gasteiger partial charge in [-0.25, -0.2) is 0 Å². The van der Waals surface area contributed by atoms with Crippen molar-refractivity contribution >= 4 is 11.6 Å². The van der Waals surface area contributed by atoms with Crippen LogP contribution in [0.3, 0.4) is 0 Å². The van der Waals surface area contributed by atoms with Crippen LogP contribution in [0.4, 0.5) is 5.69 Å². The van der Waals surface area contributed by atoms with Gasteiger partial charge in [0.25, 0.3) is 0 Å². The van der Waals surface area contributed by atoms with Crippen molar-refractivity contribution in [3.63, 3.8) is 0 Å². The molecule has 0 heterocycles. The van der Waals surface area contributed by atoms with E-state index < -0.39 is 0 Å². The van der Waals surface area contributed by atoms with Gasteiger partial charge in [0, 0.05) is 12.1 Å². The average Bonchev–Trinajstić information content (AvgIpc) is 2.76. The lowest BCUT2D eigenvalue weighted by atomic mass is 10.0. The molecule has 1 fully saturated rings. The topological polar surface area (TPSA) is 29.1 Å². The predicted molar refractivity (Wildman–Crippen MR) is 75.9 cm³/mol. The van der Waals surface area contributed by atoms with Gasteiger partial charge in [0.05, 0.1) is 0 Å². The van der Waals surface area contributed by atoms with Gasteiger partial charge in [-0.15, -0.1) is 0 Å². The van der Waals surface area contributed by atoms with E-state index in [-0.39, 0.29) is 5.91 Å². The Bertz CT molecular complexity index is 421. The minimum atomic E-state index is 0.178. The van der Waals surface area contributed by atoms with Gasteiger partial charge in [-0.2, -0.15) is 0 Å². The van der Waals surface area contributed by atoms with Crippen LogP contribution >= 0.6 is 0 Å². The summed E-state index contributed by atoms with van der Waals surface area (Å²) in [6.07, 6.45) is 5.71. The Morgan fingerprint density at radius 2 is 1.72 bits per heavy atom. The molecular formula is C16H23NO. The molecule has 0 aromatic heterocycles. The Balaban J connectivity index is 2.02. The molecule has 18 heavy (non-hydrogen) atoms. The molecule has 1 saturated carbocycles. The summed E-state index contributed by atoms with van der Waals surface area (Å²) in [5, 5.41) is 3.09. The van der Waals surface area contributed by atoms with Crippen molar-refractivity contribution in [2.24, 2.45) is 5.92 Å². The van der Waals surface area contributed by atoms with Crippen molar-refractivity contribution in [2.45, 2.75) is 52.9 Å². The molecule has 2 rings (SSSR count). The number of aryl methyl sites for hydroxylation is 3. The minimum Gasteiger partial charge on any atom is -0.326 e. The lowest BCUT2D eigenvalue weighted by molar-refractivity contribution is -0.117. The molecule has 0 unspecified atom stereocenters. The lowest BCUT2D eigenvalue weighted by Crippen LogP contribution is -2.16. The van der Waals surface area contributed by atoms with Crippen LogP contribution in [-0.2, 0) is 4.79 Å². The van der Waals surface area contributed by atoms with Crippen LogP contribution in [0.2, 0.25) is 0 Å². The van der Waals surface area contributed by atoms with Crippen LogP contribution in [0, 0.1) is 26.7 Å². The molecule has 1 aromatic carbocycles. The summed E-state index contributed by atoms with van der Waals surface area (Å²) in [5.41, 5.74) is 4.57. The predicted octanol–water partition coefficient (Wildman–Crippen LogP) is 4.13. The van der Waals surface area contributed by atoms with Gasteiger partial charge in [0.2, 0.25) is 5.91 Å². The average molecular weight is 245 g/mol. The lowest BCUT2D eigenvalue weighted by Gasteiger charge is -2.14. The quantitative estimate of drug-likeness (QED) is 0.852. The van der Waals surface area contributed by atoms with Crippen molar-refractivity contribution in [3.8, 4) is 0 Å². The summed E-state index contributed by atoms with van der Waals surface area (Å²) in [6, 6.07) is 4.25. The normalized spacial score (nSPS) is 15.9.